The number of carbonyl (C=O) groups is 3. The van der Waals surface area contributed by atoms with Crippen molar-refractivity contribution in [1.29, 1.82) is 0 Å². The van der Waals surface area contributed by atoms with E-state index in [1.165, 1.54) is 0 Å². The van der Waals surface area contributed by atoms with Gasteiger partial charge in [-0.3, -0.25) is 19.5 Å². The highest BCUT2D eigenvalue weighted by atomic mass is 32.2. The average molecular weight is 468 g/mol. The van der Waals surface area contributed by atoms with Crippen molar-refractivity contribution in [2.24, 2.45) is 0 Å². The predicted octanol–water partition coefficient (Wildman–Crippen LogP) is 3.19. The summed E-state index contributed by atoms with van der Waals surface area (Å²) in [4.78, 5) is 35.7. The number of benzene rings is 2. The summed E-state index contributed by atoms with van der Waals surface area (Å²) in [5, 5.41) is 13.8. The smallest absolute Gasteiger partial charge is 0.321 e. The largest absolute Gasteiger partial charge is 0.455 e. The van der Waals surface area contributed by atoms with Crippen LogP contribution in [-0.4, -0.2) is 50.6 Å². The number of rotatable bonds is 7. The molecule has 33 heavy (non-hydrogen) atoms. The third-order valence-electron chi connectivity index (χ3n) is 4.10. The number of carbonyl (C=O) groups excluding carboxylic acids is 3. The number of urea groups is 1. The van der Waals surface area contributed by atoms with Crippen LogP contribution in [-0.2, 0) is 14.3 Å². The fourth-order valence-corrected chi connectivity index (χ4v) is 3.54. The summed E-state index contributed by atoms with van der Waals surface area (Å²) in [6.07, 6.45) is 0. The Morgan fingerprint density at radius 3 is 2.24 bits per heavy atom. The molecular formula is C23H25N5O4S. The van der Waals surface area contributed by atoms with Gasteiger partial charge in [0.25, 0.3) is 5.91 Å². The number of nitrogens with zero attached hydrogens (tertiary/aromatic N) is 3. The van der Waals surface area contributed by atoms with Gasteiger partial charge in [-0.05, 0) is 32.9 Å². The number of hydrogen-bond acceptors (Lipinski definition) is 7. The lowest BCUT2D eigenvalue weighted by Gasteiger charge is -2.20. The zero-order chi connectivity index (χ0) is 23.8. The lowest BCUT2D eigenvalue weighted by atomic mass is 10.1. The molecule has 1 aromatic heterocycles. The Balaban J connectivity index is 1.62. The Morgan fingerprint density at radius 2 is 1.61 bits per heavy atom. The zero-order valence-electron chi connectivity index (χ0n) is 18.6. The summed E-state index contributed by atoms with van der Waals surface area (Å²) < 4.78 is 6.84. The van der Waals surface area contributed by atoms with Crippen LogP contribution in [0, 0.1) is 0 Å². The molecule has 2 N–H and O–H groups in total. The van der Waals surface area contributed by atoms with Crippen molar-refractivity contribution < 1.29 is 19.1 Å². The molecule has 0 atom stereocenters. The van der Waals surface area contributed by atoms with E-state index in [2.05, 4.69) is 20.8 Å². The molecule has 0 saturated carbocycles. The standard InChI is InChI=1S/C23H25N5O4S/c1-23(2,3)25-21(31)24-18(29)14-32-19(30)15-33-22-27-26-20(16-10-6-4-7-11-16)28(22)17-12-8-5-9-13-17/h4-13H,14-15H2,1-3H3,(H2,24,25,29,31). The first-order valence-electron chi connectivity index (χ1n) is 10.2. The Hall–Kier alpha value is -3.66. The molecule has 0 radical (unpaired) electrons. The van der Waals surface area contributed by atoms with Gasteiger partial charge in [0, 0.05) is 16.8 Å². The molecule has 3 amide bonds. The maximum absolute atomic E-state index is 12.2. The fraction of sp³-hybridized carbons (Fsp3) is 0.261. The third kappa shape index (κ3) is 7.18. The molecule has 0 aliphatic rings. The van der Waals surface area contributed by atoms with E-state index >= 15 is 0 Å². The van der Waals surface area contributed by atoms with Crippen molar-refractivity contribution in [3.05, 3.63) is 60.7 Å². The molecule has 0 saturated heterocycles. The second kappa shape index (κ2) is 10.8. The molecule has 0 bridgehead atoms. The second-order valence-electron chi connectivity index (χ2n) is 8.04. The summed E-state index contributed by atoms with van der Waals surface area (Å²) in [5.74, 6) is -0.771. The first kappa shape index (κ1) is 24.0. The van der Waals surface area contributed by atoms with E-state index in [1.807, 2.05) is 65.2 Å². The summed E-state index contributed by atoms with van der Waals surface area (Å²) in [6.45, 7) is 4.79. The lowest BCUT2D eigenvalue weighted by Crippen LogP contribution is -2.49. The van der Waals surface area contributed by atoms with Gasteiger partial charge in [0.05, 0.1) is 5.75 Å². The van der Waals surface area contributed by atoms with Crippen molar-refractivity contribution in [3.8, 4) is 17.1 Å². The van der Waals surface area contributed by atoms with Crippen LogP contribution in [0.5, 0.6) is 0 Å². The van der Waals surface area contributed by atoms with E-state index in [0.717, 1.165) is 23.0 Å². The molecule has 0 spiro atoms. The van der Waals surface area contributed by atoms with Gasteiger partial charge in [0.15, 0.2) is 17.6 Å². The molecule has 172 valence electrons. The van der Waals surface area contributed by atoms with E-state index in [-0.39, 0.29) is 5.75 Å². The number of imide groups is 1. The normalized spacial score (nSPS) is 11.0. The highest BCUT2D eigenvalue weighted by molar-refractivity contribution is 7.99. The fourth-order valence-electron chi connectivity index (χ4n) is 2.79. The number of thioether (sulfide) groups is 1. The Bertz CT molecular complexity index is 1110. The average Bonchev–Trinajstić information content (AvgIpc) is 3.20. The quantitative estimate of drug-likeness (QED) is 0.405. The van der Waals surface area contributed by atoms with Crippen LogP contribution >= 0.6 is 11.8 Å². The summed E-state index contributed by atoms with van der Waals surface area (Å²) in [7, 11) is 0. The molecule has 10 heteroatoms. The highest BCUT2D eigenvalue weighted by Gasteiger charge is 2.19. The maximum Gasteiger partial charge on any atom is 0.321 e. The number of aromatic nitrogens is 3. The van der Waals surface area contributed by atoms with E-state index < -0.39 is 30.1 Å². The van der Waals surface area contributed by atoms with E-state index in [9.17, 15) is 14.4 Å². The van der Waals surface area contributed by atoms with Gasteiger partial charge in [-0.25, -0.2) is 4.79 Å². The first-order chi connectivity index (χ1) is 15.7. The minimum atomic E-state index is -0.714. The van der Waals surface area contributed by atoms with Crippen molar-refractivity contribution in [2.75, 3.05) is 12.4 Å². The van der Waals surface area contributed by atoms with Crippen LogP contribution in [0.15, 0.2) is 65.8 Å². The van der Waals surface area contributed by atoms with Gasteiger partial charge in [0.2, 0.25) is 0 Å². The topological polar surface area (TPSA) is 115 Å². The van der Waals surface area contributed by atoms with Crippen molar-refractivity contribution in [1.82, 2.24) is 25.4 Å². The number of amides is 3. The summed E-state index contributed by atoms with van der Waals surface area (Å²) in [5.41, 5.74) is 1.24. The number of ether oxygens (including phenoxy) is 1. The second-order valence-corrected chi connectivity index (χ2v) is 8.99. The minimum absolute atomic E-state index is 0.0821. The number of nitrogens with one attached hydrogen (secondary N) is 2. The van der Waals surface area contributed by atoms with Gasteiger partial charge in [-0.15, -0.1) is 10.2 Å². The Labute approximate surface area is 195 Å². The van der Waals surface area contributed by atoms with Crippen molar-refractivity contribution >= 4 is 29.7 Å². The number of para-hydroxylation sites is 1. The molecule has 0 aliphatic carbocycles. The van der Waals surface area contributed by atoms with Crippen LogP contribution in [0.25, 0.3) is 17.1 Å². The highest BCUT2D eigenvalue weighted by Crippen LogP contribution is 2.27. The Morgan fingerprint density at radius 1 is 0.970 bits per heavy atom. The molecule has 3 aromatic rings. The molecule has 0 unspecified atom stereocenters. The summed E-state index contributed by atoms with van der Waals surface area (Å²) >= 11 is 1.14. The van der Waals surface area contributed by atoms with E-state index in [0.29, 0.717) is 11.0 Å². The predicted molar refractivity (Wildman–Crippen MR) is 125 cm³/mol. The van der Waals surface area contributed by atoms with Crippen LogP contribution in [0.4, 0.5) is 4.79 Å². The molecule has 1 heterocycles. The molecular weight excluding hydrogens is 442 g/mol. The van der Waals surface area contributed by atoms with Gasteiger partial charge in [0.1, 0.15) is 0 Å². The summed E-state index contributed by atoms with van der Waals surface area (Å²) in [6, 6.07) is 18.5. The van der Waals surface area contributed by atoms with Gasteiger partial charge >= 0.3 is 12.0 Å². The molecule has 3 rings (SSSR count). The van der Waals surface area contributed by atoms with Crippen LogP contribution in [0.1, 0.15) is 20.8 Å². The molecule has 0 aliphatic heterocycles. The van der Waals surface area contributed by atoms with Crippen molar-refractivity contribution in [2.45, 2.75) is 31.5 Å². The molecule has 2 aromatic carbocycles. The van der Waals surface area contributed by atoms with Crippen LogP contribution in [0.2, 0.25) is 0 Å². The van der Waals surface area contributed by atoms with Gasteiger partial charge in [-0.1, -0.05) is 60.3 Å². The third-order valence-corrected chi connectivity index (χ3v) is 5.01. The lowest BCUT2D eigenvalue weighted by molar-refractivity contribution is -0.145. The van der Waals surface area contributed by atoms with Crippen LogP contribution in [0.3, 0.4) is 0 Å². The first-order valence-corrected chi connectivity index (χ1v) is 11.2. The Kier molecular flexibility index (Phi) is 7.83. The number of esters is 1. The SMILES string of the molecule is CC(C)(C)NC(=O)NC(=O)COC(=O)CSc1nnc(-c2ccccc2)n1-c1ccccc1. The number of hydrogen-bond donors (Lipinski definition) is 2. The van der Waals surface area contributed by atoms with E-state index in [1.54, 1.807) is 20.8 Å². The van der Waals surface area contributed by atoms with Gasteiger partial charge < -0.3 is 10.1 Å². The maximum atomic E-state index is 12.2. The van der Waals surface area contributed by atoms with Crippen molar-refractivity contribution in [3.63, 3.8) is 0 Å². The molecule has 9 nitrogen and oxygen atoms in total. The monoisotopic (exact) mass is 467 g/mol. The minimum Gasteiger partial charge on any atom is -0.455 e. The van der Waals surface area contributed by atoms with Crippen LogP contribution < -0.4 is 10.6 Å². The van der Waals surface area contributed by atoms with E-state index in [4.69, 9.17) is 4.74 Å². The van der Waals surface area contributed by atoms with Gasteiger partial charge in [-0.2, -0.15) is 0 Å². The molecule has 0 fully saturated rings. The zero-order valence-corrected chi connectivity index (χ0v) is 19.4.